The molecule has 1 aliphatic heterocycles. The van der Waals surface area contributed by atoms with E-state index in [0.29, 0.717) is 24.0 Å². The minimum atomic E-state index is 0.119. The Bertz CT molecular complexity index is 474. The molecule has 4 fully saturated rings. The summed E-state index contributed by atoms with van der Waals surface area (Å²) in [6, 6.07) is 0.381. The first-order valence-electron chi connectivity index (χ1n) is 9.88. The molecule has 4 aliphatic rings. The van der Waals surface area contributed by atoms with Crippen LogP contribution in [0.15, 0.2) is 0 Å². The van der Waals surface area contributed by atoms with Crippen molar-refractivity contribution in [3.8, 4) is 0 Å². The second kappa shape index (κ2) is 5.75. The predicted octanol–water partition coefficient (Wildman–Crippen LogP) is 3.86. The molecule has 0 aromatic rings. The van der Waals surface area contributed by atoms with Crippen LogP contribution in [-0.2, 0) is 9.53 Å². The molecule has 1 amide bonds. The Morgan fingerprint density at radius 1 is 1.04 bits per heavy atom. The summed E-state index contributed by atoms with van der Waals surface area (Å²) >= 11 is 0. The van der Waals surface area contributed by atoms with Gasteiger partial charge in [-0.05, 0) is 37.5 Å². The first-order chi connectivity index (χ1) is 11.0. The lowest BCUT2D eigenvalue weighted by molar-refractivity contribution is -0.171. The molecule has 0 aromatic carbocycles. The Kier molecular flexibility index (Phi) is 3.98. The van der Waals surface area contributed by atoms with Gasteiger partial charge in [0, 0.05) is 36.9 Å². The maximum absolute atomic E-state index is 13.2. The number of ether oxygens (including phenoxy) is 1. The largest absolute Gasteiger partial charge is 0.377 e. The Hall–Kier alpha value is -0.570. The predicted molar refractivity (Wildman–Crippen MR) is 91.0 cm³/mol. The fourth-order valence-electron chi connectivity index (χ4n) is 6.61. The van der Waals surface area contributed by atoms with Gasteiger partial charge in [-0.2, -0.15) is 0 Å². The minimum Gasteiger partial charge on any atom is -0.377 e. The fraction of sp³-hybridized carbons (Fsp3) is 0.950. The third-order valence-corrected chi connectivity index (χ3v) is 7.69. The van der Waals surface area contributed by atoms with Crippen LogP contribution < -0.4 is 0 Å². The third kappa shape index (κ3) is 2.45. The van der Waals surface area contributed by atoms with Crippen LogP contribution in [0.4, 0.5) is 0 Å². The van der Waals surface area contributed by atoms with E-state index in [1.165, 1.54) is 32.1 Å². The van der Waals surface area contributed by atoms with E-state index in [-0.39, 0.29) is 11.3 Å². The van der Waals surface area contributed by atoms with Crippen LogP contribution >= 0.6 is 0 Å². The van der Waals surface area contributed by atoms with Crippen molar-refractivity contribution in [3.05, 3.63) is 0 Å². The first kappa shape index (κ1) is 15.9. The van der Waals surface area contributed by atoms with Crippen LogP contribution in [0.5, 0.6) is 0 Å². The van der Waals surface area contributed by atoms with E-state index >= 15 is 0 Å². The molecule has 130 valence electrons. The average molecular weight is 319 g/mol. The Labute approximate surface area is 141 Å². The van der Waals surface area contributed by atoms with Crippen molar-refractivity contribution in [2.24, 2.45) is 29.1 Å². The molecule has 0 spiro atoms. The van der Waals surface area contributed by atoms with E-state index in [1.54, 1.807) is 0 Å². The van der Waals surface area contributed by atoms with Crippen LogP contribution in [-0.4, -0.2) is 36.6 Å². The molecule has 3 heteroatoms. The first-order valence-corrected chi connectivity index (χ1v) is 9.88. The molecule has 4 rings (SSSR count). The second-order valence-corrected chi connectivity index (χ2v) is 9.27. The van der Waals surface area contributed by atoms with Gasteiger partial charge in [-0.15, -0.1) is 0 Å². The number of hydrogen-bond donors (Lipinski definition) is 0. The van der Waals surface area contributed by atoms with E-state index in [1.807, 2.05) is 0 Å². The van der Waals surface area contributed by atoms with Crippen molar-refractivity contribution in [1.29, 1.82) is 0 Å². The Morgan fingerprint density at radius 3 is 2.57 bits per heavy atom. The van der Waals surface area contributed by atoms with Gasteiger partial charge in [0.2, 0.25) is 5.91 Å². The lowest BCUT2D eigenvalue weighted by Gasteiger charge is -2.58. The molecule has 6 atom stereocenters. The van der Waals surface area contributed by atoms with Gasteiger partial charge in [0.15, 0.2) is 0 Å². The molecule has 0 N–H and O–H groups in total. The van der Waals surface area contributed by atoms with Gasteiger partial charge >= 0.3 is 0 Å². The summed E-state index contributed by atoms with van der Waals surface area (Å²) in [7, 11) is 2.07. The highest BCUT2D eigenvalue weighted by molar-refractivity contribution is 5.79. The highest BCUT2D eigenvalue weighted by Gasteiger charge is 2.61. The summed E-state index contributed by atoms with van der Waals surface area (Å²) in [5.41, 5.74) is 0.119. The zero-order valence-electron chi connectivity index (χ0n) is 15.1. The van der Waals surface area contributed by atoms with E-state index < -0.39 is 0 Å². The van der Waals surface area contributed by atoms with Crippen LogP contribution in [0.1, 0.15) is 65.2 Å². The normalized spacial score (nSPS) is 44.8. The molecule has 0 bridgehead atoms. The van der Waals surface area contributed by atoms with Gasteiger partial charge in [-0.25, -0.2) is 0 Å². The summed E-state index contributed by atoms with van der Waals surface area (Å²) in [6.45, 7) is 5.45. The standard InChI is InChI=1S/C20H33NO2/c1-20(2)17(16-10-11-23-18(16)20)21(3)19(22)15-9-8-13-6-4-5-7-14(13)12-15/h13-18H,4-12H2,1-3H3/t13-,14+,15+,16-,17+,18+/m0/s1. The highest BCUT2D eigenvalue weighted by Crippen LogP contribution is 2.54. The van der Waals surface area contributed by atoms with E-state index in [0.717, 1.165) is 37.7 Å². The maximum Gasteiger partial charge on any atom is 0.225 e. The molecule has 3 nitrogen and oxygen atoms in total. The molecule has 3 saturated carbocycles. The van der Waals surface area contributed by atoms with Gasteiger partial charge < -0.3 is 9.64 Å². The summed E-state index contributed by atoms with van der Waals surface area (Å²) < 4.78 is 5.91. The zero-order chi connectivity index (χ0) is 16.2. The molecule has 1 heterocycles. The summed E-state index contributed by atoms with van der Waals surface area (Å²) in [5.74, 6) is 3.04. The van der Waals surface area contributed by atoms with Crippen molar-refractivity contribution in [1.82, 2.24) is 4.90 Å². The lowest BCUT2D eigenvalue weighted by Crippen LogP contribution is -2.67. The van der Waals surface area contributed by atoms with Crippen LogP contribution in [0.3, 0.4) is 0 Å². The molecular weight excluding hydrogens is 286 g/mol. The van der Waals surface area contributed by atoms with Crippen molar-refractivity contribution in [2.45, 2.75) is 77.4 Å². The second-order valence-electron chi connectivity index (χ2n) is 9.27. The van der Waals surface area contributed by atoms with Crippen molar-refractivity contribution in [3.63, 3.8) is 0 Å². The van der Waals surface area contributed by atoms with Crippen LogP contribution in [0.25, 0.3) is 0 Å². The number of nitrogens with zero attached hydrogens (tertiary/aromatic N) is 1. The van der Waals surface area contributed by atoms with Crippen molar-refractivity contribution >= 4 is 5.91 Å². The van der Waals surface area contributed by atoms with Gasteiger partial charge in [0.25, 0.3) is 0 Å². The molecule has 0 unspecified atom stereocenters. The molecular formula is C20H33NO2. The van der Waals surface area contributed by atoms with E-state index in [2.05, 4.69) is 25.8 Å². The Balaban J connectivity index is 1.42. The number of carbonyl (C=O) groups is 1. The molecule has 1 saturated heterocycles. The van der Waals surface area contributed by atoms with Crippen molar-refractivity contribution in [2.75, 3.05) is 13.7 Å². The molecule has 23 heavy (non-hydrogen) atoms. The van der Waals surface area contributed by atoms with E-state index in [4.69, 9.17) is 4.74 Å². The van der Waals surface area contributed by atoms with Crippen LogP contribution in [0.2, 0.25) is 0 Å². The fourth-order valence-corrected chi connectivity index (χ4v) is 6.61. The smallest absolute Gasteiger partial charge is 0.225 e. The monoisotopic (exact) mass is 319 g/mol. The molecule has 0 aromatic heterocycles. The zero-order valence-corrected chi connectivity index (χ0v) is 15.1. The summed E-state index contributed by atoms with van der Waals surface area (Å²) in [6.07, 6.45) is 10.7. The lowest BCUT2D eigenvalue weighted by atomic mass is 9.56. The maximum atomic E-state index is 13.2. The quantitative estimate of drug-likeness (QED) is 0.773. The van der Waals surface area contributed by atoms with Gasteiger partial charge in [0.05, 0.1) is 6.10 Å². The van der Waals surface area contributed by atoms with E-state index in [9.17, 15) is 4.79 Å². The number of rotatable bonds is 2. The molecule has 3 aliphatic carbocycles. The summed E-state index contributed by atoms with van der Waals surface area (Å²) in [5, 5.41) is 0. The Morgan fingerprint density at radius 2 is 1.78 bits per heavy atom. The number of amides is 1. The number of carbonyl (C=O) groups excluding carboxylic acids is 1. The van der Waals surface area contributed by atoms with Crippen molar-refractivity contribution < 1.29 is 9.53 Å². The van der Waals surface area contributed by atoms with Gasteiger partial charge in [-0.1, -0.05) is 39.5 Å². The summed E-state index contributed by atoms with van der Waals surface area (Å²) in [4.78, 5) is 15.3. The van der Waals surface area contributed by atoms with Gasteiger partial charge in [-0.3, -0.25) is 4.79 Å². The minimum absolute atomic E-state index is 0.119. The van der Waals surface area contributed by atoms with Gasteiger partial charge in [0.1, 0.15) is 0 Å². The highest BCUT2D eigenvalue weighted by atomic mass is 16.5. The number of hydrogen-bond acceptors (Lipinski definition) is 2. The molecule has 0 radical (unpaired) electrons. The SMILES string of the molecule is CN(C(=O)[C@@H]1CC[C@@H]2CCCC[C@@H]2C1)[C@@H]1[C@@H]2CCO[C@H]2C1(C)C. The third-order valence-electron chi connectivity index (χ3n) is 7.69. The van der Waals surface area contributed by atoms with Crippen LogP contribution in [0, 0.1) is 29.1 Å². The average Bonchev–Trinajstić information content (AvgIpc) is 3.00. The number of fused-ring (bicyclic) bond motifs is 2. The topological polar surface area (TPSA) is 29.5 Å².